The zero-order valence-electron chi connectivity index (χ0n) is 31.0. The second-order valence-electron chi connectivity index (χ2n) is 14.1. The Balaban J connectivity index is -0.000000285. The van der Waals surface area contributed by atoms with Gasteiger partial charge in [0.1, 0.15) is 44.5 Å². The fourth-order valence-electron chi connectivity index (χ4n) is 3.76. The molecule has 0 radical (unpaired) electrons. The summed E-state index contributed by atoms with van der Waals surface area (Å²) in [5.41, 5.74) is 0. The Kier molecular flexibility index (Phi) is 26.9. The molecule has 0 aromatic carbocycles. The van der Waals surface area contributed by atoms with Crippen LogP contribution in [0.1, 0.15) is 6.92 Å². The van der Waals surface area contributed by atoms with E-state index in [2.05, 4.69) is 0 Å². The van der Waals surface area contributed by atoms with Crippen molar-refractivity contribution < 1.29 is 95.1 Å². The fraction of sp³-hybridized carbons (Fsp3) is 0.960. The molecule has 0 bridgehead atoms. The highest BCUT2D eigenvalue weighted by molar-refractivity contribution is 7.86. The normalized spacial score (nSPS) is 15.3. The smallest absolute Gasteiger partial charge is 0.303 e. The molecule has 4 N–H and O–H groups in total. The molecule has 0 saturated carbocycles. The minimum atomic E-state index is -4.38. The number of aliphatic hydroxyl groups excluding tert-OH is 2. The number of carbonyl (C=O) groups is 1. The van der Waals surface area contributed by atoms with Gasteiger partial charge in [0.25, 0.3) is 0 Å². The second kappa shape index (κ2) is 24.2. The third kappa shape index (κ3) is 53.6. The van der Waals surface area contributed by atoms with E-state index in [0.29, 0.717) is 15.5 Å². The standard InChI is InChI=1S/C8H17NO5S.C7H17NO4S.2C5H13NO4S/c1-7(10)14-8(5-9(2,3)4)6-15(11,12)13;1-8(2,3)5-7(12-4)6-13(9,10)11;2*1-6(2)3-5(7)4-11(8,9)10/h8H,5-6H2,1-4H3;7H,5-6H2,1-4H3;2*5,7H,3-4H2,1-2H3,(H,8,9,10). The van der Waals surface area contributed by atoms with Gasteiger partial charge in [-0.25, -0.2) is 33.7 Å². The highest BCUT2D eigenvalue weighted by Crippen LogP contribution is 2.04. The van der Waals surface area contributed by atoms with Crippen LogP contribution >= 0.6 is 0 Å². The van der Waals surface area contributed by atoms with E-state index >= 15 is 0 Å². The number of nitrogens with one attached hydrogen (secondary N) is 2. The predicted octanol–water partition coefficient (Wildman–Crippen LogP) is -7.50. The van der Waals surface area contributed by atoms with Crippen molar-refractivity contribution in [2.75, 3.05) is 127 Å². The Morgan fingerprint density at radius 3 is 1.06 bits per heavy atom. The monoisotopic (exact) mass is 816 g/mol. The number of carbonyl (C=O) groups excluding carboxylic acids is 1. The van der Waals surface area contributed by atoms with Gasteiger partial charge < -0.3 is 56.7 Å². The van der Waals surface area contributed by atoms with E-state index in [1.807, 2.05) is 42.3 Å². The summed E-state index contributed by atoms with van der Waals surface area (Å²) in [5, 5.41) is 17.9. The van der Waals surface area contributed by atoms with E-state index in [-0.39, 0.29) is 19.6 Å². The van der Waals surface area contributed by atoms with E-state index in [1.165, 1.54) is 14.0 Å². The number of esters is 1. The topological polar surface area (TPSA) is 314 Å². The van der Waals surface area contributed by atoms with E-state index in [0.717, 1.165) is 9.80 Å². The molecule has 0 aromatic heterocycles. The van der Waals surface area contributed by atoms with Gasteiger partial charge in [-0.2, -0.15) is 0 Å². The number of rotatable bonds is 18. The van der Waals surface area contributed by atoms with Crippen LogP contribution in [0.3, 0.4) is 0 Å². The number of hydrogen-bond acceptors (Lipinski definition) is 17. The van der Waals surface area contributed by atoms with Gasteiger partial charge in [0.2, 0.25) is 0 Å². The summed E-state index contributed by atoms with van der Waals surface area (Å²) < 4.78 is 134. The number of methoxy groups -OCH3 is 1. The van der Waals surface area contributed by atoms with E-state index < -0.39 is 93.9 Å². The third-order valence-corrected chi connectivity index (χ3v) is 8.18. The van der Waals surface area contributed by atoms with Crippen molar-refractivity contribution in [1.82, 2.24) is 0 Å². The fourth-order valence-corrected chi connectivity index (χ4v) is 6.27. The summed E-state index contributed by atoms with van der Waals surface area (Å²) in [6, 6.07) is 0. The minimum Gasteiger partial charge on any atom is -0.748 e. The lowest BCUT2D eigenvalue weighted by molar-refractivity contribution is -0.873. The molecule has 0 fully saturated rings. The first-order valence-corrected chi connectivity index (χ1v) is 21.1. The molecule has 0 heterocycles. The number of likely N-dealkylation sites (N-methyl/N-ethyl adjacent to an activating group) is 4. The van der Waals surface area contributed by atoms with Gasteiger partial charge in [-0.15, -0.1) is 0 Å². The molecule has 4 atom stereocenters. The molecule has 25 heteroatoms. The highest BCUT2D eigenvalue weighted by Gasteiger charge is 2.23. The molecule has 21 nitrogen and oxygen atoms in total. The summed E-state index contributed by atoms with van der Waals surface area (Å²) in [5.74, 6) is -3.12. The zero-order valence-corrected chi connectivity index (χ0v) is 34.3. The van der Waals surface area contributed by atoms with Gasteiger partial charge in [0.05, 0.1) is 134 Å². The maximum absolute atomic E-state index is 10.7. The average Bonchev–Trinajstić information content (AvgIpc) is 2.71. The van der Waals surface area contributed by atoms with Crippen LogP contribution < -0.4 is 9.80 Å². The number of nitrogens with zero attached hydrogens (tertiary/aromatic N) is 2. The van der Waals surface area contributed by atoms with Crippen LogP contribution in [0.15, 0.2) is 0 Å². The van der Waals surface area contributed by atoms with Crippen LogP contribution in [-0.4, -0.2) is 228 Å². The number of aliphatic hydroxyl groups is 2. The van der Waals surface area contributed by atoms with E-state index in [9.17, 15) is 56.7 Å². The third-order valence-electron chi connectivity index (χ3n) is 5.03. The Bertz CT molecular complexity index is 1330. The first-order valence-electron chi connectivity index (χ1n) is 14.7. The molecular formula is C25H60N4O17S4. The molecule has 0 aromatic rings. The molecule has 0 rings (SSSR count). The van der Waals surface area contributed by atoms with E-state index in [4.69, 9.17) is 19.7 Å². The average molecular weight is 817 g/mol. The van der Waals surface area contributed by atoms with Crippen molar-refractivity contribution in [3.63, 3.8) is 0 Å². The molecule has 306 valence electrons. The molecule has 0 amide bonds. The van der Waals surface area contributed by atoms with Gasteiger partial charge in [-0.1, -0.05) is 0 Å². The van der Waals surface area contributed by atoms with Gasteiger partial charge in [0.15, 0.2) is 6.10 Å². The minimum absolute atomic E-state index is 0.265. The van der Waals surface area contributed by atoms with Crippen molar-refractivity contribution in [3.05, 3.63) is 0 Å². The maximum Gasteiger partial charge on any atom is 0.303 e. The molecule has 0 aliphatic rings. The first kappa shape index (κ1) is 55.6. The van der Waals surface area contributed by atoms with Crippen molar-refractivity contribution in [1.29, 1.82) is 0 Å². The molecule has 0 saturated heterocycles. The van der Waals surface area contributed by atoms with Crippen LogP contribution in [0, 0.1) is 0 Å². The molecular weight excluding hydrogens is 757 g/mol. The summed E-state index contributed by atoms with van der Waals surface area (Å²) in [7, 11) is 2.49. The van der Waals surface area contributed by atoms with Crippen molar-refractivity contribution in [2.24, 2.45) is 0 Å². The lowest BCUT2D eigenvalue weighted by atomic mass is 10.3. The lowest BCUT2D eigenvalue weighted by Gasteiger charge is -2.29. The summed E-state index contributed by atoms with van der Waals surface area (Å²) >= 11 is 0. The molecule has 4 unspecified atom stereocenters. The largest absolute Gasteiger partial charge is 0.748 e. The van der Waals surface area contributed by atoms with Gasteiger partial charge in [-0.05, 0) is 0 Å². The number of hydrogen-bond donors (Lipinski definition) is 4. The second-order valence-corrected chi connectivity index (χ2v) is 19.9. The quantitative estimate of drug-likeness (QED) is 0.0567. The SMILES string of the molecule is CC(=O)OC(C[N+](C)(C)C)CS(=O)(=O)[O-].COC(C[N+](C)(C)C)CS(=O)(=O)[O-].C[NH+](C)CC(O)CS(=O)(=O)[O-].C[NH+](C)CC(O)CS(=O)(=O)[O-]. The van der Waals surface area contributed by atoms with Gasteiger partial charge in [-0.3, -0.25) is 4.79 Å². The highest BCUT2D eigenvalue weighted by atomic mass is 32.2. The van der Waals surface area contributed by atoms with Crippen LogP contribution in [-0.2, 0) is 54.7 Å². The van der Waals surface area contributed by atoms with Gasteiger partial charge >= 0.3 is 5.97 Å². The lowest BCUT2D eigenvalue weighted by Crippen LogP contribution is -3.07. The molecule has 0 aliphatic heterocycles. The predicted molar refractivity (Wildman–Crippen MR) is 178 cm³/mol. The maximum atomic E-state index is 10.7. The zero-order chi connectivity index (χ0) is 41.1. The number of ether oxygens (including phenoxy) is 2. The van der Waals surface area contributed by atoms with Crippen LogP contribution in [0.2, 0.25) is 0 Å². The summed E-state index contributed by atoms with van der Waals surface area (Å²) in [6.45, 7) is 2.49. The number of quaternary nitrogens is 4. The van der Waals surface area contributed by atoms with Gasteiger partial charge in [0, 0.05) is 14.0 Å². The Morgan fingerprint density at radius 1 is 0.600 bits per heavy atom. The molecule has 50 heavy (non-hydrogen) atoms. The Hall–Kier alpha value is -1.17. The molecule has 0 aliphatic carbocycles. The van der Waals surface area contributed by atoms with Crippen molar-refractivity contribution in [3.8, 4) is 0 Å². The van der Waals surface area contributed by atoms with Crippen LogP contribution in [0.4, 0.5) is 0 Å². The molecule has 0 spiro atoms. The van der Waals surface area contributed by atoms with Crippen LogP contribution in [0.5, 0.6) is 0 Å². The van der Waals surface area contributed by atoms with Crippen LogP contribution in [0.25, 0.3) is 0 Å². The Labute approximate surface area is 298 Å². The first-order chi connectivity index (χ1) is 21.8. The summed E-state index contributed by atoms with van der Waals surface area (Å²) in [4.78, 5) is 12.5. The summed E-state index contributed by atoms with van der Waals surface area (Å²) in [6.07, 6.45) is -3.52. The van der Waals surface area contributed by atoms with E-state index in [1.54, 1.807) is 28.2 Å². The van der Waals surface area contributed by atoms with Crippen molar-refractivity contribution >= 4 is 46.4 Å². The van der Waals surface area contributed by atoms with Crippen molar-refractivity contribution in [2.45, 2.75) is 31.3 Å². The Morgan fingerprint density at radius 2 is 0.860 bits per heavy atom.